The number of amides is 2. The van der Waals surface area contributed by atoms with E-state index in [-0.39, 0.29) is 18.2 Å². The summed E-state index contributed by atoms with van der Waals surface area (Å²) in [6.07, 6.45) is 1.10. The molecule has 2 amide bonds. The molecule has 25 heavy (non-hydrogen) atoms. The van der Waals surface area contributed by atoms with Crippen molar-refractivity contribution in [1.82, 2.24) is 10.6 Å². The molecule has 1 atom stereocenters. The number of rotatable bonds is 9. The van der Waals surface area contributed by atoms with E-state index in [9.17, 15) is 14.4 Å². The predicted molar refractivity (Wildman–Crippen MR) is 93.4 cm³/mol. The van der Waals surface area contributed by atoms with Gasteiger partial charge in [0.05, 0.1) is 14.2 Å². The van der Waals surface area contributed by atoms with Crippen LogP contribution in [0.4, 0.5) is 0 Å². The fourth-order valence-corrected chi connectivity index (χ4v) is 2.17. The van der Waals surface area contributed by atoms with E-state index in [1.807, 2.05) is 0 Å². The van der Waals surface area contributed by atoms with Gasteiger partial charge in [0.1, 0.15) is 11.3 Å². The van der Waals surface area contributed by atoms with Crippen LogP contribution < -0.4 is 15.4 Å². The Balaban J connectivity index is 2.37. The number of ether oxygens (including phenoxy) is 2. The molecule has 0 aromatic heterocycles. The van der Waals surface area contributed by atoms with Gasteiger partial charge in [-0.15, -0.1) is 0 Å². The molecule has 1 aromatic carbocycles. The summed E-state index contributed by atoms with van der Waals surface area (Å²) in [5.41, 5.74) is -0.507. The fourth-order valence-electron chi connectivity index (χ4n) is 2.17. The van der Waals surface area contributed by atoms with Crippen LogP contribution in [0.5, 0.6) is 5.75 Å². The molecule has 1 rings (SSSR count). The molecule has 7 nitrogen and oxygen atoms in total. The second kappa shape index (κ2) is 9.66. The number of nitrogens with one attached hydrogen (secondary N) is 2. The topological polar surface area (TPSA) is 93.7 Å². The molecular formula is C18H26N2O5. The molecule has 0 spiro atoms. The first-order valence-electron chi connectivity index (χ1n) is 8.18. The highest BCUT2D eigenvalue weighted by Crippen LogP contribution is 2.12. The van der Waals surface area contributed by atoms with E-state index < -0.39 is 11.5 Å². The molecule has 0 aliphatic heterocycles. The zero-order chi connectivity index (χ0) is 18.9. The number of esters is 1. The summed E-state index contributed by atoms with van der Waals surface area (Å²) in [5.74, 6) is -0.265. The predicted octanol–water partition coefficient (Wildman–Crippen LogP) is 1.66. The zero-order valence-corrected chi connectivity index (χ0v) is 15.2. The summed E-state index contributed by atoms with van der Waals surface area (Å²) >= 11 is 0. The standard InChI is InChI=1S/C18H26N2O5/c1-5-18(2,17(23)25-4)20-15(21)7-6-12-19-16(22)13-8-10-14(24-3)11-9-13/h8-11H,5-7,12H2,1-4H3,(H,19,22)(H,20,21). The quantitative estimate of drug-likeness (QED) is 0.522. The number of carbonyl (C=O) groups is 3. The van der Waals surface area contributed by atoms with Crippen molar-refractivity contribution in [3.05, 3.63) is 29.8 Å². The fraction of sp³-hybridized carbons (Fsp3) is 0.500. The van der Waals surface area contributed by atoms with Crippen LogP contribution in [-0.2, 0) is 14.3 Å². The van der Waals surface area contributed by atoms with Crippen LogP contribution in [0.1, 0.15) is 43.5 Å². The molecule has 1 aromatic rings. The average molecular weight is 350 g/mol. The van der Waals surface area contributed by atoms with Gasteiger partial charge < -0.3 is 20.1 Å². The first-order valence-corrected chi connectivity index (χ1v) is 8.18. The van der Waals surface area contributed by atoms with Gasteiger partial charge >= 0.3 is 5.97 Å². The Morgan fingerprint density at radius 2 is 1.76 bits per heavy atom. The van der Waals surface area contributed by atoms with Crippen molar-refractivity contribution in [2.24, 2.45) is 0 Å². The number of carbonyl (C=O) groups excluding carboxylic acids is 3. The summed E-state index contributed by atoms with van der Waals surface area (Å²) in [6, 6.07) is 6.76. The lowest BCUT2D eigenvalue weighted by Gasteiger charge is -2.26. The lowest BCUT2D eigenvalue weighted by atomic mass is 9.99. The van der Waals surface area contributed by atoms with Crippen LogP contribution in [0.3, 0.4) is 0 Å². The highest BCUT2D eigenvalue weighted by molar-refractivity contribution is 5.94. The van der Waals surface area contributed by atoms with Crippen molar-refractivity contribution >= 4 is 17.8 Å². The van der Waals surface area contributed by atoms with Crippen LogP contribution in [-0.4, -0.2) is 44.1 Å². The largest absolute Gasteiger partial charge is 0.497 e. The maximum atomic E-state index is 12.0. The normalized spacial score (nSPS) is 12.6. The smallest absolute Gasteiger partial charge is 0.331 e. The van der Waals surface area contributed by atoms with Crippen LogP contribution in [0.25, 0.3) is 0 Å². The monoisotopic (exact) mass is 350 g/mol. The highest BCUT2D eigenvalue weighted by Gasteiger charge is 2.33. The van der Waals surface area contributed by atoms with Crippen molar-refractivity contribution in [1.29, 1.82) is 0 Å². The van der Waals surface area contributed by atoms with Gasteiger partial charge in [0, 0.05) is 18.5 Å². The maximum Gasteiger partial charge on any atom is 0.331 e. The highest BCUT2D eigenvalue weighted by atomic mass is 16.5. The number of benzene rings is 1. The second-order valence-electron chi connectivity index (χ2n) is 5.81. The Kier molecular flexibility index (Phi) is 7.91. The van der Waals surface area contributed by atoms with E-state index in [0.29, 0.717) is 30.7 Å². The minimum Gasteiger partial charge on any atom is -0.497 e. The summed E-state index contributed by atoms with van der Waals surface area (Å²) in [6.45, 7) is 3.79. The first kappa shape index (κ1) is 20.5. The van der Waals surface area contributed by atoms with Gasteiger partial charge in [-0.25, -0.2) is 4.79 Å². The van der Waals surface area contributed by atoms with Gasteiger partial charge in [0.25, 0.3) is 5.91 Å². The average Bonchev–Trinajstić information content (AvgIpc) is 2.64. The van der Waals surface area contributed by atoms with Crippen molar-refractivity contribution in [3.63, 3.8) is 0 Å². The molecule has 0 fully saturated rings. The van der Waals surface area contributed by atoms with Gasteiger partial charge in [0.2, 0.25) is 5.91 Å². The van der Waals surface area contributed by atoms with Crippen LogP contribution in [0.15, 0.2) is 24.3 Å². The van der Waals surface area contributed by atoms with Gasteiger partial charge in [-0.3, -0.25) is 9.59 Å². The van der Waals surface area contributed by atoms with E-state index >= 15 is 0 Å². The van der Waals surface area contributed by atoms with Crippen molar-refractivity contribution in [3.8, 4) is 5.75 Å². The third-order valence-corrected chi connectivity index (χ3v) is 3.98. The SMILES string of the molecule is CCC(C)(NC(=O)CCCNC(=O)c1ccc(OC)cc1)C(=O)OC. The lowest BCUT2D eigenvalue weighted by Crippen LogP contribution is -2.52. The number of hydrogen-bond acceptors (Lipinski definition) is 5. The molecule has 0 saturated carbocycles. The van der Waals surface area contributed by atoms with Gasteiger partial charge in [0.15, 0.2) is 0 Å². The Morgan fingerprint density at radius 1 is 1.12 bits per heavy atom. The molecule has 0 aliphatic carbocycles. The van der Waals surface area contributed by atoms with Gasteiger partial charge in [-0.1, -0.05) is 6.92 Å². The third kappa shape index (κ3) is 6.10. The minimum atomic E-state index is -1.03. The molecule has 138 valence electrons. The molecule has 0 aliphatic rings. The molecule has 0 bridgehead atoms. The Morgan fingerprint density at radius 3 is 2.28 bits per heavy atom. The molecule has 0 radical (unpaired) electrons. The molecular weight excluding hydrogens is 324 g/mol. The zero-order valence-electron chi connectivity index (χ0n) is 15.2. The number of methoxy groups -OCH3 is 2. The summed E-state index contributed by atoms with van der Waals surface area (Å²) in [7, 11) is 2.85. The summed E-state index contributed by atoms with van der Waals surface area (Å²) in [4.78, 5) is 35.7. The maximum absolute atomic E-state index is 12.0. The molecule has 7 heteroatoms. The molecule has 0 heterocycles. The summed E-state index contributed by atoms with van der Waals surface area (Å²) in [5, 5.41) is 5.44. The Hall–Kier alpha value is -2.57. The molecule has 2 N–H and O–H groups in total. The van der Waals surface area contributed by atoms with E-state index in [0.717, 1.165) is 0 Å². The Bertz CT molecular complexity index is 600. The molecule has 1 unspecified atom stereocenters. The first-order chi connectivity index (χ1) is 11.9. The minimum absolute atomic E-state index is 0.204. The molecule has 0 saturated heterocycles. The van der Waals surface area contributed by atoms with Crippen molar-refractivity contribution < 1.29 is 23.9 Å². The third-order valence-electron chi connectivity index (χ3n) is 3.98. The van der Waals surface area contributed by atoms with E-state index in [4.69, 9.17) is 9.47 Å². The number of hydrogen-bond donors (Lipinski definition) is 2. The van der Waals surface area contributed by atoms with Crippen LogP contribution >= 0.6 is 0 Å². The second-order valence-corrected chi connectivity index (χ2v) is 5.81. The lowest BCUT2D eigenvalue weighted by molar-refractivity contribution is -0.150. The van der Waals surface area contributed by atoms with E-state index in [2.05, 4.69) is 10.6 Å². The van der Waals surface area contributed by atoms with Crippen molar-refractivity contribution in [2.75, 3.05) is 20.8 Å². The van der Waals surface area contributed by atoms with E-state index in [1.165, 1.54) is 7.11 Å². The summed E-state index contributed by atoms with van der Waals surface area (Å²) < 4.78 is 9.75. The van der Waals surface area contributed by atoms with Crippen LogP contribution in [0, 0.1) is 0 Å². The van der Waals surface area contributed by atoms with E-state index in [1.54, 1.807) is 45.2 Å². The van der Waals surface area contributed by atoms with Crippen molar-refractivity contribution in [2.45, 2.75) is 38.6 Å². The van der Waals surface area contributed by atoms with Crippen LogP contribution in [0.2, 0.25) is 0 Å². The Labute approximate surface area is 148 Å². The van der Waals surface area contributed by atoms with Gasteiger partial charge in [-0.2, -0.15) is 0 Å². The van der Waals surface area contributed by atoms with Gasteiger partial charge in [-0.05, 0) is 44.0 Å².